The van der Waals surface area contributed by atoms with E-state index in [2.05, 4.69) is 48.7 Å². The normalized spacial score (nSPS) is 37.5. The zero-order chi connectivity index (χ0) is 16.0. The Balaban J connectivity index is 1.68. The summed E-state index contributed by atoms with van der Waals surface area (Å²) in [6.07, 6.45) is 5.54. The van der Waals surface area contributed by atoms with Gasteiger partial charge in [-0.3, -0.25) is 9.69 Å². The van der Waals surface area contributed by atoms with E-state index in [1.54, 1.807) is 0 Å². The maximum absolute atomic E-state index is 12.4. The summed E-state index contributed by atoms with van der Waals surface area (Å²) in [5.74, 6) is 1.60. The second kappa shape index (κ2) is 5.59. The molecule has 0 amide bonds. The zero-order valence-electron chi connectivity index (χ0n) is 14.1. The monoisotopic (exact) mass is 309 g/mol. The molecule has 4 rings (SSSR count). The molecule has 2 nitrogen and oxygen atoms in total. The van der Waals surface area contributed by atoms with Gasteiger partial charge in [-0.05, 0) is 55.2 Å². The summed E-state index contributed by atoms with van der Waals surface area (Å²) >= 11 is 0. The van der Waals surface area contributed by atoms with Gasteiger partial charge in [-0.1, -0.05) is 43.8 Å². The van der Waals surface area contributed by atoms with Crippen molar-refractivity contribution in [2.24, 2.45) is 17.3 Å². The first-order valence-electron chi connectivity index (χ1n) is 9.12. The minimum atomic E-state index is 0.0800. The summed E-state index contributed by atoms with van der Waals surface area (Å²) in [4.78, 5) is 15.1. The predicted molar refractivity (Wildman–Crippen MR) is 93.0 cm³/mol. The lowest BCUT2D eigenvalue weighted by Gasteiger charge is -2.55. The summed E-state index contributed by atoms with van der Waals surface area (Å²) in [7, 11) is 0. The van der Waals surface area contributed by atoms with Crippen LogP contribution in [0.25, 0.3) is 0 Å². The summed E-state index contributed by atoms with van der Waals surface area (Å²) in [5, 5.41) is 0. The number of nitrogens with zero attached hydrogens (tertiary/aromatic N) is 1. The van der Waals surface area contributed by atoms with Gasteiger partial charge in [-0.2, -0.15) is 0 Å². The highest BCUT2D eigenvalue weighted by atomic mass is 16.1. The molecule has 1 aromatic carbocycles. The molecule has 4 atom stereocenters. The maximum atomic E-state index is 12.4. The first-order chi connectivity index (χ1) is 11.1. The molecule has 0 aromatic heterocycles. The SMILES string of the molecule is C=C1C(=O)C[C@@H]2C[C@@H](C)C[C@@H]3N(Cc4ccccc4)CCC[C@@]123. The Morgan fingerprint density at radius 2 is 2.04 bits per heavy atom. The number of carbonyl (C=O) groups excluding carboxylic acids is 1. The molecule has 1 aliphatic heterocycles. The fourth-order valence-corrected chi connectivity index (χ4v) is 5.71. The van der Waals surface area contributed by atoms with Crippen LogP contribution in [-0.4, -0.2) is 23.3 Å². The van der Waals surface area contributed by atoms with Gasteiger partial charge in [-0.15, -0.1) is 0 Å². The Morgan fingerprint density at radius 3 is 2.83 bits per heavy atom. The van der Waals surface area contributed by atoms with Crippen molar-refractivity contribution in [3.05, 3.63) is 48.0 Å². The van der Waals surface area contributed by atoms with Crippen LogP contribution < -0.4 is 0 Å². The van der Waals surface area contributed by atoms with E-state index in [-0.39, 0.29) is 5.41 Å². The molecule has 2 aliphatic carbocycles. The minimum Gasteiger partial charge on any atom is -0.295 e. The third-order valence-electron chi connectivity index (χ3n) is 6.67. The topological polar surface area (TPSA) is 20.3 Å². The third kappa shape index (κ3) is 2.30. The molecule has 122 valence electrons. The molecule has 2 heteroatoms. The number of Topliss-reactive ketones (excluding diaryl/α,β-unsaturated/α-hetero) is 1. The van der Waals surface area contributed by atoms with Crippen molar-refractivity contribution in [1.82, 2.24) is 4.90 Å². The van der Waals surface area contributed by atoms with Crippen LogP contribution in [0.1, 0.15) is 44.6 Å². The van der Waals surface area contributed by atoms with Crippen molar-refractivity contribution in [2.45, 2.75) is 51.6 Å². The molecule has 3 fully saturated rings. The average molecular weight is 309 g/mol. The van der Waals surface area contributed by atoms with Crippen LogP contribution in [-0.2, 0) is 11.3 Å². The van der Waals surface area contributed by atoms with Gasteiger partial charge in [0, 0.05) is 24.4 Å². The molecule has 23 heavy (non-hydrogen) atoms. The van der Waals surface area contributed by atoms with Gasteiger partial charge < -0.3 is 0 Å². The number of carbonyl (C=O) groups is 1. The van der Waals surface area contributed by atoms with Crippen LogP contribution in [0.4, 0.5) is 0 Å². The van der Waals surface area contributed by atoms with Crippen LogP contribution in [0, 0.1) is 17.3 Å². The lowest BCUT2D eigenvalue weighted by molar-refractivity contribution is -0.114. The molecule has 0 bridgehead atoms. The quantitative estimate of drug-likeness (QED) is 0.763. The Kier molecular flexibility index (Phi) is 3.68. The van der Waals surface area contributed by atoms with Crippen LogP contribution in [0.15, 0.2) is 42.5 Å². The maximum Gasteiger partial charge on any atom is 0.159 e. The van der Waals surface area contributed by atoms with Crippen molar-refractivity contribution in [3.8, 4) is 0 Å². The fourth-order valence-electron chi connectivity index (χ4n) is 5.71. The van der Waals surface area contributed by atoms with E-state index in [0.717, 1.165) is 25.1 Å². The van der Waals surface area contributed by atoms with Gasteiger partial charge in [0.05, 0.1) is 0 Å². The number of rotatable bonds is 2. The Hall–Kier alpha value is -1.41. The molecule has 1 aromatic rings. The van der Waals surface area contributed by atoms with Crippen molar-refractivity contribution in [2.75, 3.05) is 6.54 Å². The van der Waals surface area contributed by atoms with Crippen LogP contribution in [0.5, 0.6) is 0 Å². The van der Waals surface area contributed by atoms with Gasteiger partial charge in [0.15, 0.2) is 5.78 Å². The molecular formula is C21H27NO. The van der Waals surface area contributed by atoms with Gasteiger partial charge in [0.2, 0.25) is 0 Å². The first kappa shape index (κ1) is 15.1. The third-order valence-corrected chi connectivity index (χ3v) is 6.67. The molecule has 1 saturated heterocycles. The van der Waals surface area contributed by atoms with E-state index in [1.807, 2.05) is 0 Å². The van der Waals surface area contributed by atoms with E-state index in [0.29, 0.717) is 23.7 Å². The van der Waals surface area contributed by atoms with Crippen molar-refractivity contribution in [1.29, 1.82) is 0 Å². The highest BCUT2D eigenvalue weighted by Crippen LogP contribution is 2.60. The number of hydrogen-bond donors (Lipinski definition) is 0. The molecule has 1 heterocycles. The predicted octanol–water partition coefficient (Wildman–Crippen LogP) is 4.21. The number of ketones is 1. The Morgan fingerprint density at radius 1 is 1.26 bits per heavy atom. The largest absolute Gasteiger partial charge is 0.295 e. The lowest BCUT2D eigenvalue weighted by atomic mass is 9.57. The van der Waals surface area contributed by atoms with Gasteiger partial charge in [-0.25, -0.2) is 0 Å². The van der Waals surface area contributed by atoms with Gasteiger partial charge in [0.25, 0.3) is 0 Å². The van der Waals surface area contributed by atoms with Crippen LogP contribution in [0.2, 0.25) is 0 Å². The number of benzene rings is 1. The van der Waals surface area contributed by atoms with Crippen molar-refractivity contribution < 1.29 is 4.79 Å². The van der Waals surface area contributed by atoms with Gasteiger partial charge in [0.1, 0.15) is 0 Å². The first-order valence-corrected chi connectivity index (χ1v) is 9.12. The van der Waals surface area contributed by atoms with Crippen LogP contribution in [0.3, 0.4) is 0 Å². The molecular weight excluding hydrogens is 282 g/mol. The smallest absolute Gasteiger partial charge is 0.159 e. The number of likely N-dealkylation sites (tertiary alicyclic amines) is 1. The highest BCUT2D eigenvalue weighted by molar-refractivity contribution is 5.99. The Bertz CT molecular complexity index is 622. The Labute approximate surface area is 139 Å². The number of piperidine rings is 1. The molecule has 0 N–H and O–H groups in total. The zero-order valence-corrected chi connectivity index (χ0v) is 14.1. The van der Waals surface area contributed by atoms with E-state index in [4.69, 9.17) is 0 Å². The van der Waals surface area contributed by atoms with Crippen LogP contribution >= 0.6 is 0 Å². The van der Waals surface area contributed by atoms with E-state index < -0.39 is 0 Å². The highest BCUT2D eigenvalue weighted by Gasteiger charge is 2.59. The molecule has 3 aliphatic rings. The summed E-state index contributed by atoms with van der Waals surface area (Å²) in [6, 6.07) is 11.3. The van der Waals surface area contributed by atoms with Crippen molar-refractivity contribution in [3.63, 3.8) is 0 Å². The van der Waals surface area contributed by atoms with Crippen molar-refractivity contribution >= 4 is 5.78 Å². The summed E-state index contributed by atoms with van der Waals surface area (Å²) in [6.45, 7) is 8.81. The van der Waals surface area contributed by atoms with Gasteiger partial charge >= 0.3 is 0 Å². The van der Waals surface area contributed by atoms with E-state index in [1.165, 1.54) is 31.2 Å². The fraction of sp³-hybridized carbons (Fsp3) is 0.571. The summed E-state index contributed by atoms with van der Waals surface area (Å²) in [5.41, 5.74) is 2.42. The molecule has 2 saturated carbocycles. The number of hydrogen-bond acceptors (Lipinski definition) is 2. The minimum absolute atomic E-state index is 0.0800. The second-order valence-electron chi connectivity index (χ2n) is 8.00. The lowest BCUT2D eigenvalue weighted by Crippen LogP contribution is -2.57. The molecule has 0 radical (unpaired) electrons. The summed E-state index contributed by atoms with van der Waals surface area (Å²) < 4.78 is 0. The average Bonchev–Trinajstić information content (AvgIpc) is 2.78. The molecule has 1 spiro atoms. The molecule has 0 unspecified atom stereocenters. The standard InChI is InChI=1S/C21H27NO/c1-15-11-18-13-19(23)16(2)21(18)9-6-10-22(20(21)12-15)14-17-7-4-3-5-8-17/h3-5,7-8,15,18,20H,2,6,9-14H2,1H3/t15-,18+,20+,21-/m1/s1. The van der Waals surface area contributed by atoms with E-state index >= 15 is 0 Å². The second-order valence-corrected chi connectivity index (χ2v) is 8.00. The van der Waals surface area contributed by atoms with E-state index in [9.17, 15) is 4.79 Å².